The normalized spacial score (nSPS) is 57.9. The van der Waals surface area contributed by atoms with Crippen LogP contribution in [-0.4, -0.2) is 104 Å². The molecule has 7 rings (SSSR count). The quantitative estimate of drug-likeness (QED) is 0.310. The first-order valence-corrected chi connectivity index (χ1v) is 16.9. The standard InChI is InChI=1S/C33H53NO8/c1-16-4-7-27-33(3,40)22-6-5-18-19(21(22)14-34(27)13-16)11-23-20(18)12-25(36)24-10-17(8-9-32(23,24)2)41-31-30(39)29(38)28(37)26(15-35)42-31/h16-24,26-31,35,37-40H,4-15H2,1-3H3/t16-,17-,18+,19+,20-,21-,22-,23+,24+,26-,27-,28-,29+,30-,31-,32-,33-/m0/s1. The Hall–Kier alpha value is -0.650. The molecule has 3 heterocycles. The molecule has 238 valence electrons. The van der Waals surface area contributed by atoms with Crippen LogP contribution in [0.3, 0.4) is 0 Å². The lowest BCUT2D eigenvalue weighted by atomic mass is 9.51. The number of ether oxygens (including phenoxy) is 2. The van der Waals surface area contributed by atoms with E-state index < -0.39 is 42.9 Å². The van der Waals surface area contributed by atoms with Crippen molar-refractivity contribution in [2.45, 2.75) is 127 Å². The molecule has 9 heteroatoms. The fourth-order valence-corrected chi connectivity index (χ4v) is 11.8. The fraction of sp³-hybridized carbons (Fsp3) is 0.970. The minimum atomic E-state index is -1.47. The second-order valence-electron chi connectivity index (χ2n) is 16.0. The van der Waals surface area contributed by atoms with Crippen molar-refractivity contribution in [3.05, 3.63) is 0 Å². The average Bonchev–Trinajstić information content (AvgIpc) is 3.33. The molecule has 17 atom stereocenters. The summed E-state index contributed by atoms with van der Waals surface area (Å²) in [6.07, 6.45) is 1.67. The number of carbonyl (C=O) groups is 1. The van der Waals surface area contributed by atoms with Gasteiger partial charge in [-0.05, 0) is 105 Å². The van der Waals surface area contributed by atoms with E-state index in [1.165, 1.54) is 6.42 Å². The van der Waals surface area contributed by atoms with Crippen molar-refractivity contribution in [2.75, 3.05) is 19.7 Å². The Bertz CT molecular complexity index is 1040. The molecule has 4 saturated carbocycles. The van der Waals surface area contributed by atoms with Gasteiger partial charge in [0.2, 0.25) is 0 Å². The predicted molar refractivity (Wildman–Crippen MR) is 153 cm³/mol. The Labute approximate surface area is 249 Å². The van der Waals surface area contributed by atoms with Crippen LogP contribution in [0.25, 0.3) is 0 Å². The summed E-state index contributed by atoms with van der Waals surface area (Å²) in [6.45, 7) is 8.49. The van der Waals surface area contributed by atoms with Crippen molar-refractivity contribution in [3.8, 4) is 0 Å². The van der Waals surface area contributed by atoms with E-state index in [-0.39, 0.29) is 23.5 Å². The molecule has 0 radical (unpaired) electrons. The molecule has 0 amide bonds. The topological polar surface area (TPSA) is 140 Å². The van der Waals surface area contributed by atoms with E-state index in [9.17, 15) is 30.3 Å². The zero-order chi connectivity index (χ0) is 29.7. The summed E-state index contributed by atoms with van der Waals surface area (Å²) in [5, 5.41) is 52.4. The Morgan fingerprint density at radius 2 is 1.69 bits per heavy atom. The van der Waals surface area contributed by atoms with E-state index in [0.717, 1.165) is 51.6 Å². The van der Waals surface area contributed by atoms with Gasteiger partial charge in [0.15, 0.2) is 6.29 Å². The maximum atomic E-state index is 13.9. The highest BCUT2D eigenvalue weighted by Gasteiger charge is 2.64. The van der Waals surface area contributed by atoms with Crippen LogP contribution in [0.4, 0.5) is 0 Å². The van der Waals surface area contributed by atoms with Crippen molar-refractivity contribution in [1.82, 2.24) is 4.90 Å². The SMILES string of the molecule is C[C@H]1CC[C@@H]2N(C1)C[C@H]1[C@@H]3C[C@@H]4[C@@H](CC(=O)[C@H]5C[C@@H](O[C@H]6O[C@@H](CO)[C@H](O)[C@@H](O)[C@@H]6O)CC[C@]54C)[C@@H]3CC[C@@H]1[C@]2(C)O. The van der Waals surface area contributed by atoms with Crippen molar-refractivity contribution < 1.29 is 39.8 Å². The summed E-state index contributed by atoms with van der Waals surface area (Å²) < 4.78 is 11.8. The number of aliphatic hydroxyl groups is 5. The van der Waals surface area contributed by atoms with Gasteiger partial charge < -0.3 is 35.0 Å². The third kappa shape index (κ3) is 4.50. The lowest BCUT2D eigenvalue weighted by Gasteiger charge is -2.59. The molecule has 42 heavy (non-hydrogen) atoms. The summed E-state index contributed by atoms with van der Waals surface area (Å²) in [4.78, 5) is 16.5. The number of Topliss-reactive ketones (excluding diaryl/α,β-unsaturated/α-hetero) is 1. The number of fused-ring (bicyclic) bond motifs is 8. The number of carbonyl (C=O) groups excluding carboxylic acids is 1. The van der Waals surface area contributed by atoms with Crippen LogP contribution in [0.1, 0.15) is 78.6 Å². The second kappa shape index (κ2) is 10.7. The molecule has 7 aliphatic rings. The van der Waals surface area contributed by atoms with E-state index in [1.54, 1.807) is 0 Å². The molecular formula is C33H53NO8. The van der Waals surface area contributed by atoms with E-state index in [0.29, 0.717) is 60.1 Å². The highest BCUT2D eigenvalue weighted by molar-refractivity contribution is 5.83. The smallest absolute Gasteiger partial charge is 0.186 e. The van der Waals surface area contributed by atoms with Gasteiger partial charge in [-0.1, -0.05) is 13.8 Å². The monoisotopic (exact) mass is 591 g/mol. The minimum absolute atomic E-state index is 0.0958. The van der Waals surface area contributed by atoms with Gasteiger partial charge in [-0.3, -0.25) is 9.69 Å². The molecule has 7 fully saturated rings. The molecule has 0 aromatic rings. The third-order valence-corrected chi connectivity index (χ3v) is 14.0. The van der Waals surface area contributed by atoms with Crippen LogP contribution >= 0.6 is 0 Å². The Balaban J connectivity index is 1.07. The third-order valence-electron chi connectivity index (χ3n) is 14.0. The van der Waals surface area contributed by atoms with E-state index in [1.807, 2.05) is 0 Å². The van der Waals surface area contributed by atoms with Crippen molar-refractivity contribution >= 4 is 5.78 Å². The van der Waals surface area contributed by atoms with Crippen LogP contribution in [0.2, 0.25) is 0 Å². The van der Waals surface area contributed by atoms with Gasteiger partial charge in [0.1, 0.15) is 30.2 Å². The largest absolute Gasteiger partial charge is 0.394 e. The van der Waals surface area contributed by atoms with E-state index >= 15 is 0 Å². The first-order valence-electron chi connectivity index (χ1n) is 16.9. The van der Waals surface area contributed by atoms with Gasteiger partial charge in [0, 0.05) is 31.5 Å². The van der Waals surface area contributed by atoms with Crippen LogP contribution in [0.5, 0.6) is 0 Å². The fourth-order valence-electron chi connectivity index (χ4n) is 11.8. The van der Waals surface area contributed by atoms with Crippen molar-refractivity contribution in [1.29, 1.82) is 0 Å². The van der Waals surface area contributed by atoms with Gasteiger partial charge >= 0.3 is 0 Å². The van der Waals surface area contributed by atoms with Crippen LogP contribution in [-0.2, 0) is 14.3 Å². The maximum absolute atomic E-state index is 13.9. The molecule has 0 aromatic carbocycles. The Morgan fingerprint density at radius 1 is 0.905 bits per heavy atom. The van der Waals surface area contributed by atoms with E-state index in [2.05, 4.69) is 25.7 Å². The minimum Gasteiger partial charge on any atom is -0.394 e. The Morgan fingerprint density at radius 3 is 2.45 bits per heavy atom. The molecular weight excluding hydrogens is 538 g/mol. The number of ketones is 1. The molecule has 0 bridgehead atoms. The molecule has 9 nitrogen and oxygen atoms in total. The average molecular weight is 592 g/mol. The predicted octanol–water partition coefficient (Wildman–Crippen LogP) is 1.71. The number of piperidine rings is 2. The number of hydrogen-bond donors (Lipinski definition) is 5. The summed E-state index contributed by atoms with van der Waals surface area (Å²) in [5.41, 5.74) is -0.745. The first-order chi connectivity index (χ1) is 19.9. The molecule has 3 aliphatic heterocycles. The summed E-state index contributed by atoms with van der Waals surface area (Å²) in [5.74, 6) is 3.79. The maximum Gasteiger partial charge on any atom is 0.186 e. The van der Waals surface area contributed by atoms with Crippen LogP contribution in [0, 0.1) is 52.8 Å². The van der Waals surface area contributed by atoms with Gasteiger partial charge in [-0.25, -0.2) is 0 Å². The summed E-state index contributed by atoms with van der Waals surface area (Å²) in [7, 11) is 0. The number of aliphatic hydroxyl groups excluding tert-OH is 4. The van der Waals surface area contributed by atoms with Crippen LogP contribution in [0.15, 0.2) is 0 Å². The second-order valence-corrected chi connectivity index (χ2v) is 16.0. The number of nitrogens with zero attached hydrogens (tertiary/aromatic N) is 1. The molecule has 0 aromatic heterocycles. The molecule has 0 spiro atoms. The molecule has 0 unspecified atom stereocenters. The lowest BCUT2D eigenvalue weighted by Crippen LogP contribution is -2.67. The highest BCUT2D eigenvalue weighted by atomic mass is 16.7. The van der Waals surface area contributed by atoms with Gasteiger partial charge in [-0.15, -0.1) is 0 Å². The zero-order valence-corrected chi connectivity index (χ0v) is 25.6. The van der Waals surface area contributed by atoms with Gasteiger partial charge in [0.05, 0.1) is 18.3 Å². The summed E-state index contributed by atoms with van der Waals surface area (Å²) >= 11 is 0. The highest BCUT2D eigenvalue weighted by Crippen LogP contribution is 2.66. The van der Waals surface area contributed by atoms with Crippen molar-refractivity contribution in [2.24, 2.45) is 52.8 Å². The molecule has 5 N–H and O–H groups in total. The van der Waals surface area contributed by atoms with Crippen LogP contribution < -0.4 is 0 Å². The number of hydrogen-bond acceptors (Lipinski definition) is 9. The summed E-state index contributed by atoms with van der Waals surface area (Å²) in [6, 6.07) is 0.276. The first kappa shape index (κ1) is 30.0. The zero-order valence-electron chi connectivity index (χ0n) is 25.6. The van der Waals surface area contributed by atoms with Gasteiger partial charge in [0.25, 0.3) is 0 Å². The molecule has 3 saturated heterocycles. The van der Waals surface area contributed by atoms with E-state index in [4.69, 9.17) is 9.47 Å². The lowest BCUT2D eigenvalue weighted by molar-refractivity contribution is -0.315. The van der Waals surface area contributed by atoms with Crippen molar-refractivity contribution in [3.63, 3.8) is 0 Å². The Kier molecular flexibility index (Phi) is 7.66. The molecule has 4 aliphatic carbocycles. The number of rotatable bonds is 3. The van der Waals surface area contributed by atoms with Gasteiger partial charge in [-0.2, -0.15) is 0 Å².